The summed E-state index contributed by atoms with van der Waals surface area (Å²) in [7, 11) is 0. The Hall–Kier alpha value is -1.33. The standard InChI is InChI=1S/C14H18FN/c1-3-4-11-16-12(2)9-10-13-7-5-6-8-14(13)15/h5-8,12,16H,9-11H2,1-2H3. The highest BCUT2D eigenvalue weighted by Crippen LogP contribution is 2.09. The van der Waals surface area contributed by atoms with E-state index in [1.54, 1.807) is 6.07 Å². The van der Waals surface area contributed by atoms with E-state index in [0.717, 1.165) is 18.4 Å². The fourth-order valence-electron chi connectivity index (χ4n) is 1.49. The Bertz CT molecular complexity index is 376. The molecule has 1 rings (SSSR count). The van der Waals surface area contributed by atoms with Crippen LogP contribution in [0.25, 0.3) is 0 Å². The Kier molecular flexibility index (Phi) is 5.60. The molecule has 0 aromatic heterocycles. The van der Waals surface area contributed by atoms with Crippen molar-refractivity contribution >= 4 is 0 Å². The van der Waals surface area contributed by atoms with Crippen molar-refractivity contribution in [2.45, 2.75) is 32.7 Å². The summed E-state index contributed by atoms with van der Waals surface area (Å²) in [5, 5.41) is 3.28. The minimum atomic E-state index is -0.108. The lowest BCUT2D eigenvalue weighted by atomic mass is 10.1. The third-order valence-electron chi connectivity index (χ3n) is 2.52. The third kappa shape index (κ3) is 4.46. The number of aryl methyl sites for hydroxylation is 1. The molecule has 1 atom stereocenters. The summed E-state index contributed by atoms with van der Waals surface area (Å²) >= 11 is 0. The summed E-state index contributed by atoms with van der Waals surface area (Å²) in [6.45, 7) is 4.62. The first-order valence-corrected chi connectivity index (χ1v) is 5.60. The monoisotopic (exact) mass is 219 g/mol. The van der Waals surface area contributed by atoms with Crippen molar-refractivity contribution in [3.63, 3.8) is 0 Å². The highest BCUT2D eigenvalue weighted by Gasteiger charge is 2.04. The van der Waals surface area contributed by atoms with Gasteiger partial charge in [-0.3, -0.25) is 0 Å². The van der Waals surface area contributed by atoms with Crippen LogP contribution < -0.4 is 5.32 Å². The molecule has 0 aliphatic carbocycles. The van der Waals surface area contributed by atoms with E-state index in [-0.39, 0.29) is 5.82 Å². The van der Waals surface area contributed by atoms with Gasteiger partial charge < -0.3 is 5.32 Å². The molecule has 1 aromatic rings. The molecule has 86 valence electrons. The summed E-state index contributed by atoms with van der Waals surface area (Å²) in [5.74, 6) is 5.68. The highest BCUT2D eigenvalue weighted by molar-refractivity contribution is 5.17. The van der Waals surface area contributed by atoms with Crippen LogP contribution in [-0.2, 0) is 6.42 Å². The molecule has 0 heterocycles. The van der Waals surface area contributed by atoms with Gasteiger partial charge in [0.05, 0.1) is 6.54 Å². The minimum Gasteiger partial charge on any atom is -0.304 e. The average Bonchev–Trinajstić information content (AvgIpc) is 2.28. The number of benzene rings is 1. The predicted molar refractivity (Wildman–Crippen MR) is 65.6 cm³/mol. The Balaban J connectivity index is 2.33. The van der Waals surface area contributed by atoms with E-state index in [2.05, 4.69) is 24.1 Å². The lowest BCUT2D eigenvalue weighted by Gasteiger charge is -2.11. The zero-order chi connectivity index (χ0) is 11.8. The van der Waals surface area contributed by atoms with Crippen LogP contribution in [0.15, 0.2) is 24.3 Å². The van der Waals surface area contributed by atoms with Gasteiger partial charge in [0, 0.05) is 6.04 Å². The van der Waals surface area contributed by atoms with Gasteiger partial charge in [-0.25, -0.2) is 4.39 Å². The molecule has 0 fully saturated rings. The molecule has 16 heavy (non-hydrogen) atoms. The van der Waals surface area contributed by atoms with Gasteiger partial charge in [0.2, 0.25) is 0 Å². The fourth-order valence-corrected chi connectivity index (χ4v) is 1.49. The van der Waals surface area contributed by atoms with Crippen LogP contribution >= 0.6 is 0 Å². The zero-order valence-corrected chi connectivity index (χ0v) is 9.89. The molecule has 0 saturated heterocycles. The van der Waals surface area contributed by atoms with Gasteiger partial charge in [-0.2, -0.15) is 0 Å². The molecule has 0 spiro atoms. The second-order valence-corrected chi connectivity index (χ2v) is 3.84. The first kappa shape index (κ1) is 12.7. The van der Waals surface area contributed by atoms with Crippen molar-refractivity contribution in [2.24, 2.45) is 0 Å². The van der Waals surface area contributed by atoms with Gasteiger partial charge in [-0.1, -0.05) is 24.1 Å². The van der Waals surface area contributed by atoms with Crippen LogP contribution in [0.5, 0.6) is 0 Å². The van der Waals surface area contributed by atoms with Crippen molar-refractivity contribution in [1.82, 2.24) is 5.32 Å². The molecule has 0 radical (unpaired) electrons. The van der Waals surface area contributed by atoms with Gasteiger partial charge in [0.15, 0.2) is 0 Å². The Morgan fingerprint density at radius 3 is 2.81 bits per heavy atom. The van der Waals surface area contributed by atoms with E-state index >= 15 is 0 Å². The maximum absolute atomic E-state index is 13.3. The second-order valence-electron chi connectivity index (χ2n) is 3.84. The smallest absolute Gasteiger partial charge is 0.126 e. The topological polar surface area (TPSA) is 12.0 Å². The van der Waals surface area contributed by atoms with Gasteiger partial charge in [0.25, 0.3) is 0 Å². The summed E-state index contributed by atoms with van der Waals surface area (Å²) in [5.41, 5.74) is 0.790. The molecule has 1 N–H and O–H groups in total. The number of rotatable bonds is 5. The summed E-state index contributed by atoms with van der Waals surface area (Å²) in [6, 6.07) is 7.31. The van der Waals surface area contributed by atoms with Crippen molar-refractivity contribution < 1.29 is 4.39 Å². The highest BCUT2D eigenvalue weighted by atomic mass is 19.1. The van der Waals surface area contributed by atoms with Crippen molar-refractivity contribution in [1.29, 1.82) is 0 Å². The van der Waals surface area contributed by atoms with E-state index in [1.807, 2.05) is 19.1 Å². The van der Waals surface area contributed by atoms with E-state index in [4.69, 9.17) is 0 Å². The van der Waals surface area contributed by atoms with Gasteiger partial charge in [0.1, 0.15) is 5.82 Å². The maximum atomic E-state index is 13.3. The molecule has 1 aromatic carbocycles. The minimum absolute atomic E-state index is 0.108. The molecule has 0 amide bonds. The second kappa shape index (κ2) is 7.03. The number of halogens is 1. The molecular weight excluding hydrogens is 201 g/mol. The van der Waals surface area contributed by atoms with Gasteiger partial charge in [-0.05, 0) is 38.3 Å². The van der Waals surface area contributed by atoms with E-state index < -0.39 is 0 Å². The van der Waals surface area contributed by atoms with Crippen molar-refractivity contribution in [2.75, 3.05) is 6.54 Å². The van der Waals surface area contributed by atoms with Gasteiger partial charge in [-0.15, -0.1) is 5.92 Å². The lowest BCUT2D eigenvalue weighted by molar-refractivity contribution is 0.533. The number of hydrogen-bond donors (Lipinski definition) is 1. The normalized spacial score (nSPS) is 11.7. The van der Waals surface area contributed by atoms with Crippen LogP contribution in [0.3, 0.4) is 0 Å². The first-order chi connectivity index (χ1) is 7.74. The van der Waals surface area contributed by atoms with Crippen LogP contribution in [0.2, 0.25) is 0 Å². The molecule has 0 bridgehead atoms. The number of nitrogens with one attached hydrogen (secondary N) is 1. The first-order valence-electron chi connectivity index (χ1n) is 5.60. The zero-order valence-electron chi connectivity index (χ0n) is 9.89. The predicted octanol–water partition coefficient (Wildman–Crippen LogP) is 2.76. The fraction of sp³-hybridized carbons (Fsp3) is 0.429. The molecular formula is C14H18FN. The van der Waals surface area contributed by atoms with Crippen molar-refractivity contribution in [3.05, 3.63) is 35.6 Å². The SMILES string of the molecule is CC#CCNC(C)CCc1ccccc1F. The summed E-state index contributed by atoms with van der Waals surface area (Å²) in [4.78, 5) is 0. The number of hydrogen-bond acceptors (Lipinski definition) is 1. The Morgan fingerprint density at radius 1 is 1.38 bits per heavy atom. The third-order valence-corrected chi connectivity index (χ3v) is 2.52. The molecule has 0 aliphatic rings. The largest absolute Gasteiger partial charge is 0.304 e. The Morgan fingerprint density at radius 2 is 2.12 bits per heavy atom. The molecule has 1 nitrogen and oxygen atoms in total. The summed E-state index contributed by atoms with van der Waals surface area (Å²) in [6.07, 6.45) is 1.69. The van der Waals surface area contributed by atoms with Crippen LogP contribution in [0.4, 0.5) is 4.39 Å². The average molecular weight is 219 g/mol. The molecule has 1 unspecified atom stereocenters. The van der Waals surface area contributed by atoms with Crippen LogP contribution in [0.1, 0.15) is 25.8 Å². The van der Waals surface area contributed by atoms with Gasteiger partial charge >= 0.3 is 0 Å². The summed E-state index contributed by atoms with van der Waals surface area (Å²) < 4.78 is 13.3. The molecule has 0 aliphatic heterocycles. The molecule has 0 saturated carbocycles. The molecule has 2 heteroatoms. The quantitative estimate of drug-likeness (QED) is 0.751. The van der Waals surface area contributed by atoms with E-state index in [9.17, 15) is 4.39 Å². The van der Waals surface area contributed by atoms with Crippen molar-refractivity contribution in [3.8, 4) is 11.8 Å². The van der Waals surface area contributed by atoms with E-state index in [0.29, 0.717) is 12.6 Å². The van der Waals surface area contributed by atoms with Crippen LogP contribution in [0, 0.1) is 17.7 Å². The maximum Gasteiger partial charge on any atom is 0.126 e. The lowest BCUT2D eigenvalue weighted by Crippen LogP contribution is -2.26. The van der Waals surface area contributed by atoms with Crippen LogP contribution in [-0.4, -0.2) is 12.6 Å². The Labute approximate surface area is 97.1 Å². The van der Waals surface area contributed by atoms with E-state index in [1.165, 1.54) is 6.07 Å².